The van der Waals surface area contributed by atoms with E-state index in [0.717, 1.165) is 6.54 Å². The second-order valence-corrected chi connectivity index (χ2v) is 8.01. The van der Waals surface area contributed by atoms with Gasteiger partial charge in [-0.15, -0.1) is 12.4 Å². The average molecular weight is 404 g/mol. The lowest BCUT2D eigenvalue weighted by molar-refractivity contribution is 0.344. The summed E-state index contributed by atoms with van der Waals surface area (Å²) < 4.78 is 0. The fourth-order valence-electron chi connectivity index (χ4n) is 3.26. The van der Waals surface area contributed by atoms with Crippen LogP contribution in [0.1, 0.15) is 103 Å². The molecule has 162 valence electrons. The molecule has 0 saturated heterocycles. The Bertz CT molecular complexity index is 399. The normalized spacial score (nSPS) is 10.5. The lowest BCUT2D eigenvalue weighted by Gasteiger charge is -2.26. The Morgan fingerprint density at radius 2 is 1.15 bits per heavy atom. The Kier molecular flexibility index (Phi) is 23.2. The maximum Gasteiger partial charge on any atom is 0.0210 e. The van der Waals surface area contributed by atoms with Gasteiger partial charge >= 0.3 is 0 Å². The van der Waals surface area contributed by atoms with Gasteiger partial charge in [0.15, 0.2) is 0 Å². The quantitative estimate of drug-likeness (QED) is 0.356. The van der Waals surface area contributed by atoms with E-state index in [1.165, 1.54) is 82.6 Å². The van der Waals surface area contributed by atoms with Crippen molar-refractivity contribution in [3.63, 3.8) is 0 Å². The van der Waals surface area contributed by atoms with Crippen LogP contribution in [0.15, 0.2) is 30.3 Å². The predicted molar refractivity (Wildman–Crippen MR) is 123 cm³/mol. The summed E-state index contributed by atoms with van der Waals surface area (Å²) in [7, 11) is 0. The molecule has 0 aliphatic carbocycles. The fraction of sp³-hybridized carbons (Fsp3) is 0.739. The summed E-state index contributed by atoms with van der Waals surface area (Å²) in [5, 5.41) is 3.71. The molecule has 0 bridgehead atoms. The second kappa shape index (κ2) is 20.1. The van der Waals surface area contributed by atoms with Crippen molar-refractivity contribution >= 4 is 12.4 Å². The number of nitrogens with one attached hydrogen (secondary N) is 1. The molecule has 0 spiro atoms. The molecule has 0 aliphatic heterocycles. The van der Waals surface area contributed by atoms with E-state index in [-0.39, 0.29) is 28.9 Å². The van der Waals surface area contributed by atoms with E-state index in [4.69, 9.17) is 0 Å². The molecule has 0 aliphatic rings. The first-order valence-electron chi connectivity index (χ1n) is 10.4. The third kappa shape index (κ3) is 18.5. The van der Waals surface area contributed by atoms with Crippen molar-refractivity contribution in [2.24, 2.45) is 0 Å². The van der Waals surface area contributed by atoms with E-state index < -0.39 is 0 Å². The van der Waals surface area contributed by atoms with Crippen LogP contribution < -0.4 is 5.32 Å². The van der Waals surface area contributed by atoms with Crippen molar-refractivity contribution < 1.29 is 11.0 Å². The molecule has 1 rings (SSSR count). The van der Waals surface area contributed by atoms with Crippen LogP contribution in [0, 0.1) is 0 Å². The van der Waals surface area contributed by atoms with Crippen molar-refractivity contribution in [1.29, 1.82) is 0 Å². The largest absolute Gasteiger partial charge is 0.412 e. The first-order valence-corrected chi connectivity index (χ1v) is 10.4. The van der Waals surface area contributed by atoms with E-state index in [0.29, 0.717) is 0 Å². The van der Waals surface area contributed by atoms with E-state index in [1.807, 2.05) is 0 Å². The Labute approximate surface area is 174 Å². The fourth-order valence-corrected chi connectivity index (χ4v) is 3.26. The van der Waals surface area contributed by atoms with Crippen molar-refractivity contribution in [3.8, 4) is 0 Å². The Balaban J connectivity index is -0.00000192. The molecular formula is C23H46ClNO2. The summed E-state index contributed by atoms with van der Waals surface area (Å²) in [4.78, 5) is 0. The van der Waals surface area contributed by atoms with Gasteiger partial charge in [-0.1, -0.05) is 108 Å². The molecule has 1 aromatic carbocycles. The summed E-state index contributed by atoms with van der Waals surface area (Å²) in [5.41, 5.74) is 1.62. The summed E-state index contributed by atoms with van der Waals surface area (Å²) in [6.07, 6.45) is 16.9. The first kappa shape index (κ1) is 31.1. The third-order valence-corrected chi connectivity index (χ3v) is 5.02. The van der Waals surface area contributed by atoms with Crippen LogP contribution in [0.3, 0.4) is 0 Å². The highest BCUT2D eigenvalue weighted by Crippen LogP contribution is 2.17. The molecule has 0 aromatic heterocycles. The molecule has 0 radical (unpaired) electrons. The minimum Gasteiger partial charge on any atom is -0.412 e. The Morgan fingerprint density at radius 3 is 1.63 bits per heavy atom. The van der Waals surface area contributed by atoms with E-state index in [9.17, 15) is 0 Å². The van der Waals surface area contributed by atoms with E-state index >= 15 is 0 Å². The molecule has 27 heavy (non-hydrogen) atoms. The lowest BCUT2D eigenvalue weighted by atomic mass is 9.95. The minimum atomic E-state index is 0. The Hall–Kier alpha value is -0.610. The van der Waals surface area contributed by atoms with Crippen LogP contribution in [-0.2, 0) is 6.54 Å². The molecule has 0 amide bonds. The monoisotopic (exact) mass is 403 g/mol. The van der Waals surface area contributed by atoms with Crippen LogP contribution in [0.4, 0.5) is 0 Å². The van der Waals surface area contributed by atoms with Gasteiger partial charge in [-0.05, 0) is 25.8 Å². The number of benzene rings is 1. The van der Waals surface area contributed by atoms with E-state index in [1.54, 1.807) is 0 Å². The van der Waals surface area contributed by atoms with Gasteiger partial charge in [0, 0.05) is 12.1 Å². The average Bonchev–Trinajstić information content (AvgIpc) is 2.59. The molecule has 0 unspecified atom stereocenters. The van der Waals surface area contributed by atoms with Gasteiger partial charge in [-0.2, -0.15) is 0 Å². The Morgan fingerprint density at radius 1 is 0.704 bits per heavy atom. The first-order chi connectivity index (χ1) is 11.6. The van der Waals surface area contributed by atoms with Crippen molar-refractivity contribution in [2.75, 3.05) is 0 Å². The minimum absolute atomic E-state index is 0. The summed E-state index contributed by atoms with van der Waals surface area (Å²) in [6, 6.07) is 10.7. The summed E-state index contributed by atoms with van der Waals surface area (Å²) in [6.45, 7) is 7.95. The summed E-state index contributed by atoms with van der Waals surface area (Å²) >= 11 is 0. The highest BCUT2D eigenvalue weighted by Gasteiger charge is 2.15. The number of rotatable bonds is 15. The lowest BCUT2D eigenvalue weighted by Crippen LogP contribution is -2.38. The second-order valence-electron chi connectivity index (χ2n) is 8.01. The highest BCUT2D eigenvalue weighted by molar-refractivity contribution is 5.85. The smallest absolute Gasteiger partial charge is 0.0210 e. The molecule has 0 heterocycles. The zero-order chi connectivity index (χ0) is 17.5. The number of halogens is 1. The standard InChI is InChI=1S/C23H41N.ClH.2H2O/c1-4-5-6-7-8-9-10-11-12-13-17-20-23(2,3)24-21-22-18-15-14-16-19-22;;;/h14-16,18-19,24H,4-13,17,20-21H2,1-3H3;1H;2*1H2. The zero-order valence-electron chi connectivity index (χ0n) is 18.0. The molecule has 0 saturated carbocycles. The number of hydrogen-bond acceptors (Lipinski definition) is 1. The molecule has 5 N–H and O–H groups in total. The zero-order valence-corrected chi connectivity index (χ0v) is 18.8. The van der Waals surface area contributed by atoms with Crippen LogP contribution in [0.25, 0.3) is 0 Å². The topological polar surface area (TPSA) is 75.0 Å². The molecule has 0 atom stereocenters. The molecule has 1 aromatic rings. The molecule has 4 heteroatoms. The van der Waals surface area contributed by atoms with Gasteiger partial charge in [0.05, 0.1) is 0 Å². The van der Waals surface area contributed by atoms with Crippen molar-refractivity contribution in [3.05, 3.63) is 35.9 Å². The highest BCUT2D eigenvalue weighted by atomic mass is 35.5. The van der Waals surface area contributed by atoms with Crippen LogP contribution >= 0.6 is 12.4 Å². The predicted octanol–water partition coefficient (Wildman–Crippen LogP) is 6.03. The van der Waals surface area contributed by atoms with Crippen molar-refractivity contribution in [1.82, 2.24) is 5.32 Å². The maximum atomic E-state index is 3.71. The molecule has 0 fully saturated rings. The van der Waals surface area contributed by atoms with E-state index in [2.05, 4.69) is 56.4 Å². The van der Waals surface area contributed by atoms with Gasteiger partial charge in [0.25, 0.3) is 0 Å². The third-order valence-electron chi connectivity index (χ3n) is 5.02. The van der Waals surface area contributed by atoms with Gasteiger partial charge in [-0.3, -0.25) is 0 Å². The van der Waals surface area contributed by atoms with Gasteiger partial charge in [0.1, 0.15) is 0 Å². The van der Waals surface area contributed by atoms with Crippen molar-refractivity contribution in [2.45, 2.75) is 110 Å². The number of unbranched alkanes of at least 4 members (excludes halogenated alkanes) is 10. The van der Waals surface area contributed by atoms with Crippen LogP contribution in [0.2, 0.25) is 0 Å². The molecule has 3 nitrogen and oxygen atoms in total. The number of hydrogen-bond donors (Lipinski definition) is 1. The van der Waals surface area contributed by atoms with Gasteiger partial charge < -0.3 is 16.3 Å². The van der Waals surface area contributed by atoms with Gasteiger partial charge in [0.2, 0.25) is 0 Å². The SMILES string of the molecule is CCCCCCCCCCCCCC(C)(C)NCc1ccccc1.Cl.O.O. The van der Waals surface area contributed by atoms with Crippen LogP contribution in [0.5, 0.6) is 0 Å². The van der Waals surface area contributed by atoms with Gasteiger partial charge in [-0.25, -0.2) is 0 Å². The summed E-state index contributed by atoms with van der Waals surface area (Å²) in [5.74, 6) is 0. The maximum absolute atomic E-state index is 3.71. The van der Waals surface area contributed by atoms with Crippen LogP contribution in [-0.4, -0.2) is 16.5 Å². The molecular weight excluding hydrogens is 358 g/mol.